The number of aromatic nitrogens is 3. The number of hydrogen-bond acceptors (Lipinski definition) is 3. The Morgan fingerprint density at radius 2 is 1.03 bits per heavy atom. The number of rotatable bonds is 5. The van der Waals surface area contributed by atoms with Gasteiger partial charge in [0.15, 0.2) is 0 Å². The molecule has 0 bridgehead atoms. The summed E-state index contributed by atoms with van der Waals surface area (Å²) in [5.41, 5.74) is 19.0. The van der Waals surface area contributed by atoms with Gasteiger partial charge >= 0.3 is 384 Å². The SMILES string of the molecule is C1=CC2(C3=Cc4ccccc4C3=C1)C1=Cc3ccccc3C1=CC=C2c1c(-c2[se]c3ccccc3c2-c2ccccc2)nnnc1-c1cc2cccc(-c3ccccc3)c2c2ccccc12. The van der Waals surface area contributed by atoms with E-state index in [2.05, 4.69) is 225 Å². The zero-order valence-corrected chi connectivity index (χ0v) is 37.3. The van der Waals surface area contributed by atoms with E-state index in [1.54, 1.807) is 0 Å². The molecule has 1 atom stereocenters. The first kappa shape index (κ1) is 37.4. The topological polar surface area (TPSA) is 38.7 Å². The number of fused-ring (bicyclic) bond motifs is 12. The van der Waals surface area contributed by atoms with Gasteiger partial charge in [-0.3, -0.25) is 0 Å². The van der Waals surface area contributed by atoms with Gasteiger partial charge in [0, 0.05) is 0 Å². The van der Waals surface area contributed by atoms with Crippen molar-refractivity contribution in [2.24, 2.45) is 5.41 Å². The molecule has 1 unspecified atom stereocenters. The molecule has 0 aliphatic heterocycles. The number of benzene rings is 8. The van der Waals surface area contributed by atoms with Crippen molar-refractivity contribution in [2.45, 2.75) is 0 Å². The third kappa shape index (κ3) is 5.34. The molecule has 0 amide bonds. The van der Waals surface area contributed by atoms with Crippen molar-refractivity contribution in [3.8, 4) is 43.6 Å². The van der Waals surface area contributed by atoms with E-state index in [9.17, 15) is 0 Å². The normalized spacial score (nSPS) is 16.6. The molecule has 66 heavy (non-hydrogen) atoms. The maximum absolute atomic E-state index is 5.26. The molecule has 0 radical (unpaired) electrons. The number of allylic oxidation sites excluding steroid dienone is 10. The van der Waals surface area contributed by atoms with Crippen LogP contribution in [-0.4, -0.2) is 29.9 Å². The Hall–Kier alpha value is -8.01. The van der Waals surface area contributed by atoms with Crippen LogP contribution in [0.3, 0.4) is 0 Å². The van der Waals surface area contributed by atoms with Crippen LogP contribution in [0.15, 0.2) is 224 Å². The Morgan fingerprint density at radius 1 is 0.424 bits per heavy atom. The molecule has 2 heterocycles. The summed E-state index contributed by atoms with van der Waals surface area (Å²) in [5.74, 6) is 0. The minimum atomic E-state index is -0.695. The molecule has 0 N–H and O–H groups in total. The molecule has 4 heteroatoms. The van der Waals surface area contributed by atoms with Crippen molar-refractivity contribution in [3.05, 3.63) is 251 Å². The Kier molecular flexibility index (Phi) is 8.21. The van der Waals surface area contributed by atoms with E-state index in [0.717, 1.165) is 38.9 Å². The fraction of sp³-hybridized carbons (Fsp3) is 0.0161. The van der Waals surface area contributed by atoms with Crippen molar-refractivity contribution in [2.75, 3.05) is 0 Å². The van der Waals surface area contributed by atoms with Gasteiger partial charge in [-0.05, 0) is 0 Å². The van der Waals surface area contributed by atoms with Gasteiger partial charge in [-0.25, -0.2) is 0 Å². The van der Waals surface area contributed by atoms with E-state index in [1.165, 1.54) is 91.7 Å². The fourth-order valence-corrected chi connectivity index (χ4v) is 13.9. The van der Waals surface area contributed by atoms with E-state index in [4.69, 9.17) is 15.4 Å². The molecule has 306 valence electrons. The minimum absolute atomic E-state index is 0.0809. The van der Waals surface area contributed by atoms with Crippen molar-refractivity contribution in [3.63, 3.8) is 0 Å². The molecule has 1 spiro atoms. The zero-order chi connectivity index (χ0) is 43.3. The molecule has 14 rings (SSSR count). The van der Waals surface area contributed by atoms with Crippen LogP contribution in [0.25, 0.3) is 104 Å². The van der Waals surface area contributed by atoms with Gasteiger partial charge in [0.1, 0.15) is 0 Å². The molecule has 0 saturated heterocycles. The average molecular weight is 903 g/mol. The van der Waals surface area contributed by atoms with Crippen molar-refractivity contribution in [1.82, 2.24) is 15.4 Å². The second-order valence-electron chi connectivity index (χ2n) is 17.5. The van der Waals surface area contributed by atoms with E-state index in [0.29, 0.717) is 0 Å². The molecule has 0 saturated carbocycles. The molecule has 2 aromatic heterocycles. The second-order valence-corrected chi connectivity index (χ2v) is 19.7. The van der Waals surface area contributed by atoms with Crippen LogP contribution in [0.4, 0.5) is 0 Å². The fourth-order valence-electron chi connectivity index (χ4n) is 11.3. The first-order chi connectivity index (χ1) is 32.7. The van der Waals surface area contributed by atoms with Gasteiger partial charge in [-0.2, -0.15) is 0 Å². The summed E-state index contributed by atoms with van der Waals surface area (Å²) in [7, 11) is 0. The summed E-state index contributed by atoms with van der Waals surface area (Å²) in [6, 6.07) is 66.1. The molecule has 3 nitrogen and oxygen atoms in total. The van der Waals surface area contributed by atoms with Gasteiger partial charge in [0.05, 0.1) is 0 Å². The molecule has 0 fully saturated rings. The van der Waals surface area contributed by atoms with E-state index in [1.807, 2.05) is 0 Å². The summed E-state index contributed by atoms with van der Waals surface area (Å²) in [5, 5.41) is 21.3. The first-order valence-corrected chi connectivity index (χ1v) is 24.2. The summed E-state index contributed by atoms with van der Waals surface area (Å²) < 4.78 is 2.56. The van der Waals surface area contributed by atoms with Crippen LogP contribution < -0.4 is 0 Å². The summed E-state index contributed by atoms with van der Waals surface area (Å²) in [4.78, 5) is 0. The van der Waals surface area contributed by atoms with Crippen molar-refractivity contribution in [1.29, 1.82) is 0 Å². The van der Waals surface area contributed by atoms with Crippen LogP contribution in [0.2, 0.25) is 0 Å². The Balaban J connectivity index is 1.13. The molecule has 4 aliphatic carbocycles. The number of hydrogen-bond donors (Lipinski definition) is 0. The van der Waals surface area contributed by atoms with E-state index in [-0.39, 0.29) is 14.5 Å². The van der Waals surface area contributed by atoms with Crippen LogP contribution >= 0.6 is 0 Å². The molecule has 4 aliphatic rings. The van der Waals surface area contributed by atoms with Crippen molar-refractivity contribution >= 4 is 74.6 Å². The van der Waals surface area contributed by atoms with Gasteiger partial charge in [0.2, 0.25) is 0 Å². The Morgan fingerprint density at radius 3 is 1.79 bits per heavy atom. The monoisotopic (exact) mass is 903 g/mol. The van der Waals surface area contributed by atoms with Gasteiger partial charge in [-0.1, -0.05) is 6.07 Å². The van der Waals surface area contributed by atoms with Crippen LogP contribution in [0.5, 0.6) is 0 Å². The molecule has 10 aromatic rings. The van der Waals surface area contributed by atoms with Crippen LogP contribution in [-0.2, 0) is 0 Å². The zero-order valence-electron chi connectivity index (χ0n) is 35.6. The van der Waals surface area contributed by atoms with Gasteiger partial charge in [-0.15, -0.1) is 0 Å². The van der Waals surface area contributed by atoms with Crippen molar-refractivity contribution < 1.29 is 0 Å². The Labute approximate surface area is 388 Å². The summed E-state index contributed by atoms with van der Waals surface area (Å²) >= 11 is -0.0809. The second kappa shape index (κ2) is 14.5. The maximum atomic E-state index is 5.26. The predicted octanol–water partition coefficient (Wildman–Crippen LogP) is 15.0. The molecular formula is C62H37N3Se. The quantitative estimate of drug-likeness (QED) is 0.128. The average Bonchev–Trinajstić information content (AvgIpc) is 4.09. The third-order valence-corrected chi connectivity index (χ3v) is 16.6. The molecular weight excluding hydrogens is 866 g/mol. The van der Waals surface area contributed by atoms with Crippen LogP contribution in [0, 0.1) is 5.41 Å². The molecule has 8 aromatic carbocycles. The predicted molar refractivity (Wildman–Crippen MR) is 275 cm³/mol. The summed E-state index contributed by atoms with van der Waals surface area (Å²) in [6.07, 6.45) is 16.7. The van der Waals surface area contributed by atoms with E-state index >= 15 is 0 Å². The van der Waals surface area contributed by atoms with Gasteiger partial charge in [0.25, 0.3) is 0 Å². The Bertz CT molecular complexity index is 3890. The number of nitrogens with zero attached hydrogens (tertiary/aromatic N) is 3. The van der Waals surface area contributed by atoms with Crippen LogP contribution in [0.1, 0.15) is 27.8 Å². The summed E-state index contributed by atoms with van der Waals surface area (Å²) in [6.45, 7) is 0. The standard InChI is InChI=1S/C62H37N3Se/c1-3-17-38(18-4-1)45-29-15-23-42-35-51(46-26-11-12-27-49(46)56(42)45)59-58(60(64-65-63-59)61-57(39-19-5-2-6-20-39)50-28-13-14-31-55(50)66-61)52-33-32-48-44-25-10-8-22-41(44)37-54(48)62(52)34-16-30-47-43-24-9-7-21-40(43)36-53(47)62/h1-37H. The van der Waals surface area contributed by atoms with E-state index < -0.39 is 5.41 Å². The van der Waals surface area contributed by atoms with Gasteiger partial charge < -0.3 is 0 Å². The third-order valence-electron chi connectivity index (χ3n) is 14.1. The first-order valence-electron chi connectivity index (χ1n) is 22.5.